The van der Waals surface area contributed by atoms with Crippen LogP contribution < -0.4 is 11.1 Å². The van der Waals surface area contributed by atoms with Crippen molar-refractivity contribution in [1.82, 2.24) is 0 Å². The molecular weight excluding hydrogens is 310 g/mol. The molecule has 0 saturated heterocycles. The van der Waals surface area contributed by atoms with Gasteiger partial charge < -0.3 is 16.2 Å². The standard InChI is InChI=1S/C17H25N3O4/c1-11-7-8-13(20(23)24)10-15(11)19-17(22)16(21)14(18)9-12-5-3-2-4-6-12/h7-8,10,12,14,16,21H,2-6,9,18H2,1H3,(H,19,22)/t14-,16?/m1/s1. The van der Waals surface area contributed by atoms with Gasteiger partial charge in [-0.15, -0.1) is 0 Å². The maximum atomic E-state index is 12.2. The fourth-order valence-electron chi connectivity index (χ4n) is 3.20. The Labute approximate surface area is 141 Å². The zero-order valence-electron chi connectivity index (χ0n) is 13.9. The lowest BCUT2D eigenvalue weighted by atomic mass is 9.84. The van der Waals surface area contributed by atoms with Crippen LogP contribution in [0.1, 0.15) is 44.1 Å². The number of carbonyl (C=O) groups is 1. The second kappa shape index (κ2) is 8.21. The molecule has 0 radical (unpaired) electrons. The first kappa shape index (κ1) is 18.4. The highest BCUT2D eigenvalue weighted by molar-refractivity contribution is 5.95. The van der Waals surface area contributed by atoms with E-state index in [4.69, 9.17) is 5.73 Å². The van der Waals surface area contributed by atoms with Crippen LogP contribution in [0.4, 0.5) is 11.4 Å². The number of amides is 1. The number of hydrogen-bond donors (Lipinski definition) is 3. The number of anilines is 1. The molecule has 7 heteroatoms. The second-order valence-electron chi connectivity index (χ2n) is 6.59. The summed E-state index contributed by atoms with van der Waals surface area (Å²) in [7, 11) is 0. The van der Waals surface area contributed by atoms with E-state index in [9.17, 15) is 20.0 Å². The predicted octanol–water partition coefficient (Wildman–Crippen LogP) is 2.50. The number of nitrogens with two attached hydrogens (primary N) is 1. The van der Waals surface area contributed by atoms with Gasteiger partial charge in [-0.05, 0) is 24.8 Å². The average Bonchev–Trinajstić information content (AvgIpc) is 2.56. The van der Waals surface area contributed by atoms with E-state index in [2.05, 4.69) is 5.32 Å². The van der Waals surface area contributed by atoms with Crippen molar-refractivity contribution in [3.63, 3.8) is 0 Å². The lowest BCUT2D eigenvalue weighted by molar-refractivity contribution is -0.384. The van der Waals surface area contributed by atoms with Crippen molar-refractivity contribution >= 4 is 17.3 Å². The Hall–Kier alpha value is -1.99. The van der Waals surface area contributed by atoms with Crippen molar-refractivity contribution in [1.29, 1.82) is 0 Å². The van der Waals surface area contributed by atoms with Gasteiger partial charge in [0.2, 0.25) is 0 Å². The quantitative estimate of drug-likeness (QED) is 0.545. The van der Waals surface area contributed by atoms with E-state index >= 15 is 0 Å². The maximum absolute atomic E-state index is 12.2. The summed E-state index contributed by atoms with van der Waals surface area (Å²) in [6, 6.07) is 3.58. The summed E-state index contributed by atoms with van der Waals surface area (Å²) < 4.78 is 0. The molecule has 132 valence electrons. The minimum absolute atomic E-state index is 0.114. The summed E-state index contributed by atoms with van der Waals surface area (Å²) in [5.74, 6) is -0.169. The van der Waals surface area contributed by atoms with Crippen molar-refractivity contribution in [3.05, 3.63) is 33.9 Å². The number of nitro groups is 1. The number of aryl methyl sites for hydroxylation is 1. The van der Waals surface area contributed by atoms with Gasteiger partial charge in [0.1, 0.15) is 6.10 Å². The largest absolute Gasteiger partial charge is 0.382 e. The summed E-state index contributed by atoms with van der Waals surface area (Å²) in [6.45, 7) is 1.73. The molecule has 1 fully saturated rings. The predicted molar refractivity (Wildman–Crippen MR) is 91.6 cm³/mol. The van der Waals surface area contributed by atoms with Crippen LogP contribution in [-0.2, 0) is 4.79 Å². The van der Waals surface area contributed by atoms with Crippen molar-refractivity contribution < 1.29 is 14.8 Å². The Balaban J connectivity index is 1.97. The van der Waals surface area contributed by atoms with Crippen LogP contribution in [0.15, 0.2) is 18.2 Å². The molecule has 0 bridgehead atoms. The SMILES string of the molecule is Cc1ccc([N+](=O)[O-])cc1NC(=O)C(O)[C@H](N)CC1CCCCC1. The Morgan fingerprint density at radius 2 is 2.08 bits per heavy atom. The number of aliphatic hydroxyl groups excluding tert-OH is 1. The van der Waals surface area contributed by atoms with E-state index in [1.807, 2.05) is 0 Å². The number of rotatable bonds is 6. The lowest BCUT2D eigenvalue weighted by Gasteiger charge is -2.26. The molecular formula is C17H25N3O4. The first-order valence-electron chi connectivity index (χ1n) is 8.38. The number of non-ortho nitro benzene ring substituents is 1. The molecule has 1 aliphatic carbocycles. The van der Waals surface area contributed by atoms with Gasteiger partial charge in [0, 0.05) is 18.2 Å². The molecule has 1 saturated carbocycles. The minimum atomic E-state index is -1.33. The molecule has 0 heterocycles. The van der Waals surface area contributed by atoms with Gasteiger partial charge in [-0.3, -0.25) is 14.9 Å². The topological polar surface area (TPSA) is 118 Å². The number of nitrogens with one attached hydrogen (secondary N) is 1. The third-order valence-electron chi connectivity index (χ3n) is 4.69. The van der Waals surface area contributed by atoms with Gasteiger partial charge in [0.15, 0.2) is 0 Å². The van der Waals surface area contributed by atoms with Crippen LogP contribution in [0.3, 0.4) is 0 Å². The van der Waals surface area contributed by atoms with Gasteiger partial charge in [0.05, 0.1) is 10.6 Å². The van der Waals surface area contributed by atoms with Gasteiger partial charge in [-0.1, -0.05) is 38.2 Å². The van der Waals surface area contributed by atoms with E-state index in [0.717, 1.165) is 12.8 Å². The van der Waals surface area contributed by atoms with E-state index in [0.29, 0.717) is 23.6 Å². The minimum Gasteiger partial charge on any atom is -0.382 e. The summed E-state index contributed by atoms with van der Waals surface area (Å²) in [6.07, 6.45) is 5.05. The van der Waals surface area contributed by atoms with Gasteiger partial charge in [0.25, 0.3) is 11.6 Å². The highest BCUT2D eigenvalue weighted by Gasteiger charge is 2.27. The van der Waals surface area contributed by atoms with Crippen LogP contribution in [0.2, 0.25) is 0 Å². The molecule has 0 aliphatic heterocycles. The smallest absolute Gasteiger partial charge is 0.271 e. The molecule has 1 unspecified atom stereocenters. The van der Waals surface area contributed by atoms with Gasteiger partial charge >= 0.3 is 0 Å². The third kappa shape index (κ3) is 4.75. The molecule has 2 atom stereocenters. The third-order valence-corrected chi connectivity index (χ3v) is 4.69. The van der Waals surface area contributed by atoms with E-state index < -0.39 is 23.0 Å². The Kier molecular flexibility index (Phi) is 6.28. The van der Waals surface area contributed by atoms with Crippen LogP contribution in [0.5, 0.6) is 0 Å². The Morgan fingerprint density at radius 1 is 1.42 bits per heavy atom. The summed E-state index contributed by atoms with van der Waals surface area (Å²) in [5, 5.41) is 23.6. The monoisotopic (exact) mass is 335 g/mol. The molecule has 1 aromatic carbocycles. The van der Waals surface area contributed by atoms with Crippen molar-refractivity contribution in [2.24, 2.45) is 11.7 Å². The number of nitrogens with zero attached hydrogens (tertiary/aromatic N) is 1. The number of carbonyl (C=O) groups excluding carboxylic acids is 1. The van der Waals surface area contributed by atoms with E-state index in [1.165, 1.54) is 31.4 Å². The molecule has 1 aromatic rings. The summed E-state index contributed by atoms with van der Waals surface area (Å²) in [4.78, 5) is 22.5. The normalized spacial score (nSPS) is 18.0. The van der Waals surface area contributed by atoms with Crippen LogP contribution in [0.25, 0.3) is 0 Å². The molecule has 2 rings (SSSR count). The van der Waals surface area contributed by atoms with Crippen molar-refractivity contribution in [2.75, 3.05) is 5.32 Å². The molecule has 1 aliphatic rings. The zero-order chi connectivity index (χ0) is 17.7. The zero-order valence-corrected chi connectivity index (χ0v) is 13.9. The summed E-state index contributed by atoms with van der Waals surface area (Å²) in [5.41, 5.74) is 6.89. The van der Waals surface area contributed by atoms with Gasteiger partial charge in [-0.2, -0.15) is 0 Å². The molecule has 7 nitrogen and oxygen atoms in total. The number of hydrogen-bond acceptors (Lipinski definition) is 5. The van der Waals surface area contributed by atoms with E-state index in [1.54, 1.807) is 13.0 Å². The highest BCUT2D eigenvalue weighted by Crippen LogP contribution is 2.28. The molecule has 1 amide bonds. The molecule has 0 spiro atoms. The first-order valence-corrected chi connectivity index (χ1v) is 8.38. The molecule has 4 N–H and O–H groups in total. The fourth-order valence-corrected chi connectivity index (χ4v) is 3.20. The van der Waals surface area contributed by atoms with Crippen LogP contribution >= 0.6 is 0 Å². The average molecular weight is 335 g/mol. The highest BCUT2D eigenvalue weighted by atomic mass is 16.6. The first-order chi connectivity index (χ1) is 11.4. The fraction of sp³-hybridized carbons (Fsp3) is 0.588. The lowest BCUT2D eigenvalue weighted by Crippen LogP contribution is -2.44. The van der Waals surface area contributed by atoms with Crippen LogP contribution in [-0.4, -0.2) is 28.1 Å². The number of benzene rings is 1. The maximum Gasteiger partial charge on any atom is 0.271 e. The van der Waals surface area contributed by atoms with Crippen LogP contribution in [0, 0.1) is 23.0 Å². The van der Waals surface area contributed by atoms with Crippen molar-refractivity contribution in [2.45, 2.75) is 57.6 Å². The summed E-state index contributed by atoms with van der Waals surface area (Å²) >= 11 is 0. The number of nitro benzene ring substituents is 1. The Morgan fingerprint density at radius 3 is 2.71 bits per heavy atom. The molecule has 24 heavy (non-hydrogen) atoms. The van der Waals surface area contributed by atoms with Crippen molar-refractivity contribution in [3.8, 4) is 0 Å². The number of aliphatic hydroxyl groups is 1. The Bertz CT molecular complexity index is 599. The van der Waals surface area contributed by atoms with E-state index in [-0.39, 0.29) is 5.69 Å². The second-order valence-corrected chi connectivity index (χ2v) is 6.59. The molecule has 0 aromatic heterocycles. The van der Waals surface area contributed by atoms with Gasteiger partial charge in [-0.25, -0.2) is 0 Å².